The van der Waals surface area contributed by atoms with Gasteiger partial charge in [-0.25, -0.2) is 0 Å². The number of rotatable bonds is 7. The Morgan fingerprint density at radius 1 is 1.05 bits per heavy atom. The van der Waals surface area contributed by atoms with Crippen LogP contribution >= 0.6 is 34.2 Å². The van der Waals surface area contributed by atoms with Crippen LogP contribution in [0.15, 0.2) is 42.5 Å². The normalized spacial score (nSPS) is 21.9. The molecule has 5 rings (SSSR count). The van der Waals surface area contributed by atoms with Gasteiger partial charge in [0.05, 0.1) is 24.1 Å². The second-order valence-electron chi connectivity index (χ2n) is 11.8. The second-order valence-corrected chi connectivity index (χ2v) is 13.0. The molecule has 232 valence electrons. The number of carbonyl (C=O) groups excluding carboxylic acids is 3. The van der Waals surface area contributed by atoms with Crippen molar-refractivity contribution in [2.75, 3.05) is 44.8 Å². The molecule has 2 atom stereocenters. The fourth-order valence-corrected chi connectivity index (χ4v) is 7.51. The number of halogens is 5. The Hall–Kier alpha value is -2.54. The van der Waals surface area contributed by atoms with Gasteiger partial charge in [0.1, 0.15) is 5.75 Å². The Kier molecular flexibility index (Phi) is 9.23. The number of hydrogen-bond acceptors (Lipinski definition) is 4. The van der Waals surface area contributed by atoms with Crippen LogP contribution in [0.1, 0.15) is 53.1 Å². The molecular formula is C31H34ClF3IN3O4. The zero-order valence-corrected chi connectivity index (χ0v) is 26.9. The van der Waals surface area contributed by atoms with Crippen molar-refractivity contribution in [3.8, 4) is 5.75 Å². The van der Waals surface area contributed by atoms with E-state index in [2.05, 4.69) is 22.6 Å². The number of ether oxygens (including phenoxy) is 1. The Bertz CT molecular complexity index is 1380. The van der Waals surface area contributed by atoms with Gasteiger partial charge in [-0.15, -0.1) is 0 Å². The number of alkyl halides is 4. The molecule has 1 aliphatic carbocycles. The quantitative estimate of drug-likeness (QED) is 0.264. The number of nitrogens with zero attached hydrogens (tertiary/aromatic N) is 3. The first kappa shape index (κ1) is 31.9. The third-order valence-electron chi connectivity index (χ3n) is 9.16. The van der Waals surface area contributed by atoms with Crippen LogP contribution in [0, 0.1) is 11.3 Å². The summed E-state index contributed by atoms with van der Waals surface area (Å²) in [6.45, 7) is 1.69. The van der Waals surface area contributed by atoms with Crippen molar-refractivity contribution in [1.29, 1.82) is 0 Å². The number of hydrogen-bond donors (Lipinski definition) is 0. The highest BCUT2D eigenvalue weighted by molar-refractivity contribution is 14.1. The summed E-state index contributed by atoms with van der Waals surface area (Å²) in [6.07, 6.45) is -1.69. The summed E-state index contributed by atoms with van der Waals surface area (Å²) >= 11 is 8.40. The molecule has 12 heteroatoms. The van der Waals surface area contributed by atoms with Crippen LogP contribution in [0.4, 0.5) is 13.2 Å². The average molecular weight is 732 g/mol. The maximum Gasteiger partial charge on any atom is 0.419 e. The molecule has 2 aromatic carbocycles. The summed E-state index contributed by atoms with van der Waals surface area (Å²) in [5.74, 6) is -1.27. The molecule has 3 amide bonds. The number of amides is 3. The zero-order chi connectivity index (χ0) is 31.1. The number of likely N-dealkylation sites (tertiary alicyclic amines) is 2. The van der Waals surface area contributed by atoms with Crippen LogP contribution in [-0.2, 0) is 15.8 Å². The highest BCUT2D eigenvalue weighted by Gasteiger charge is 2.51. The zero-order valence-electron chi connectivity index (χ0n) is 24.0. The van der Waals surface area contributed by atoms with Crippen LogP contribution in [-0.4, -0.2) is 83.2 Å². The van der Waals surface area contributed by atoms with Gasteiger partial charge in [-0.2, -0.15) is 13.2 Å². The molecule has 43 heavy (non-hydrogen) atoms. The lowest BCUT2D eigenvalue weighted by Crippen LogP contribution is -2.47. The van der Waals surface area contributed by atoms with E-state index >= 15 is 0 Å². The van der Waals surface area contributed by atoms with E-state index < -0.39 is 23.7 Å². The monoisotopic (exact) mass is 731 g/mol. The third-order valence-corrected chi connectivity index (χ3v) is 10.9. The van der Waals surface area contributed by atoms with Crippen molar-refractivity contribution in [2.45, 2.75) is 43.8 Å². The molecule has 2 aromatic rings. The summed E-state index contributed by atoms with van der Waals surface area (Å²) in [5, 5.41) is 0.547. The van der Waals surface area contributed by atoms with E-state index in [0.29, 0.717) is 37.5 Å². The van der Waals surface area contributed by atoms with Crippen molar-refractivity contribution in [3.05, 3.63) is 64.2 Å². The van der Waals surface area contributed by atoms with E-state index in [1.165, 1.54) is 11.0 Å². The molecule has 3 fully saturated rings. The van der Waals surface area contributed by atoms with Gasteiger partial charge in [0.2, 0.25) is 11.8 Å². The minimum atomic E-state index is -4.70. The molecule has 0 unspecified atom stereocenters. The van der Waals surface area contributed by atoms with Crippen LogP contribution in [0.5, 0.6) is 5.75 Å². The van der Waals surface area contributed by atoms with Crippen LogP contribution in [0.25, 0.3) is 0 Å². The van der Waals surface area contributed by atoms with Crippen molar-refractivity contribution < 1.29 is 32.3 Å². The second kappa shape index (κ2) is 12.5. The van der Waals surface area contributed by atoms with Gasteiger partial charge >= 0.3 is 6.18 Å². The predicted octanol–water partition coefficient (Wildman–Crippen LogP) is 5.89. The van der Waals surface area contributed by atoms with Gasteiger partial charge in [-0.3, -0.25) is 14.4 Å². The maximum absolute atomic E-state index is 13.8. The summed E-state index contributed by atoms with van der Waals surface area (Å²) in [7, 11) is 2.71. The lowest BCUT2D eigenvalue weighted by molar-refractivity contribution is -0.142. The van der Waals surface area contributed by atoms with Gasteiger partial charge < -0.3 is 19.4 Å². The lowest BCUT2D eigenvalue weighted by Gasteiger charge is -2.35. The molecule has 2 saturated heterocycles. The van der Waals surface area contributed by atoms with Gasteiger partial charge in [-0.1, -0.05) is 46.3 Å². The average Bonchev–Trinajstić information content (AvgIpc) is 3.69. The van der Waals surface area contributed by atoms with E-state index in [-0.39, 0.29) is 46.9 Å². The minimum Gasteiger partial charge on any atom is -0.496 e. The molecule has 0 aromatic heterocycles. The number of likely N-dealkylation sites (N-methyl/N-ethyl adjacent to an activating group) is 1. The van der Waals surface area contributed by atoms with E-state index in [9.17, 15) is 27.6 Å². The van der Waals surface area contributed by atoms with Crippen molar-refractivity contribution in [2.24, 2.45) is 11.3 Å². The summed E-state index contributed by atoms with van der Waals surface area (Å²) in [6, 6.07) is 10.00. The van der Waals surface area contributed by atoms with Crippen molar-refractivity contribution in [1.82, 2.24) is 14.7 Å². The molecule has 0 spiro atoms. The minimum absolute atomic E-state index is 0.0201. The Morgan fingerprint density at radius 3 is 2.26 bits per heavy atom. The molecule has 2 heterocycles. The van der Waals surface area contributed by atoms with Gasteiger partial charge in [0, 0.05) is 60.1 Å². The smallest absolute Gasteiger partial charge is 0.419 e. The van der Waals surface area contributed by atoms with E-state index in [4.69, 9.17) is 16.3 Å². The summed E-state index contributed by atoms with van der Waals surface area (Å²) in [5.41, 5.74) is -0.480. The van der Waals surface area contributed by atoms with Crippen LogP contribution in [0.2, 0.25) is 5.02 Å². The first-order valence-corrected chi connectivity index (χ1v) is 16.2. The molecule has 0 bridgehead atoms. The van der Waals surface area contributed by atoms with E-state index in [1.807, 2.05) is 17.0 Å². The maximum atomic E-state index is 13.8. The van der Waals surface area contributed by atoms with Gasteiger partial charge in [-0.05, 0) is 61.6 Å². The van der Waals surface area contributed by atoms with E-state index in [1.54, 1.807) is 24.1 Å². The first-order valence-electron chi connectivity index (χ1n) is 14.3. The fourth-order valence-electron chi connectivity index (χ4n) is 6.29. The van der Waals surface area contributed by atoms with Gasteiger partial charge in [0.15, 0.2) is 0 Å². The molecule has 1 saturated carbocycles. The molecule has 2 aliphatic heterocycles. The van der Waals surface area contributed by atoms with E-state index in [0.717, 1.165) is 42.1 Å². The van der Waals surface area contributed by atoms with Crippen molar-refractivity contribution >= 4 is 51.9 Å². The molecule has 0 N–H and O–H groups in total. The first-order chi connectivity index (χ1) is 20.4. The third kappa shape index (κ3) is 6.48. The van der Waals surface area contributed by atoms with Crippen molar-refractivity contribution in [3.63, 3.8) is 0 Å². The highest BCUT2D eigenvalue weighted by Crippen LogP contribution is 2.49. The SMILES string of the molecule is COc1ccc(C(=O)N(C)[C@@H]2CN(C(=O)C3CCN(C(=O)C4(CI)CC4)CC3)C[C@H]2c2ccc(Cl)cc2)cc1C(F)(F)F. The topological polar surface area (TPSA) is 70.2 Å². The summed E-state index contributed by atoms with van der Waals surface area (Å²) < 4.78 is 46.7. The molecular weight excluding hydrogens is 698 g/mol. The number of carbonyl (C=O) groups is 3. The standard InChI is InChI=1S/C31H34ClF3IN3O4/c1-37(27(40)21-5-8-26(43-2)24(15-21)31(33,34)35)25-17-39(16-23(25)19-3-6-22(32)7-4-19)28(41)20-9-13-38(14-10-20)29(42)30(18-36)11-12-30/h3-8,15,20,23,25H,9-14,16-18H2,1-2H3/t23-,25+/m0/s1. The van der Waals surface area contributed by atoms with Crippen LogP contribution in [0.3, 0.4) is 0 Å². The van der Waals surface area contributed by atoms with Crippen LogP contribution < -0.4 is 4.74 Å². The number of methoxy groups -OCH3 is 1. The molecule has 3 aliphatic rings. The number of benzene rings is 2. The Morgan fingerprint density at radius 2 is 1.70 bits per heavy atom. The fraction of sp³-hybridized carbons (Fsp3) is 0.516. The largest absolute Gasteiger partial charge is 0.496 e. The highest BCUT2D eigenvalue weighted by atomic mass is 127. The Labute approximate surface area is 267 Å². The van der Waals surface area contributed by atoms with Gasteiger partial charge in [0.25, 0.3) is 5.91 Å². The summed E-state index contributed by atoms with van der Waals surface area (Å²) in [4.78, 5) is 45.4. The molecule has 0 radical (unpaired) electrons. The number of piperidine rings is 1. The lowest BCUT2D eigenvalue weighted by atomic mass is 9.93. The predicted molar refractivity (Wildman–Crippen MR) is 165 cm³/mol. The molecule has 7 nitrogen and oxygen atoms in total. The Balaban J connectivity index is 1.34.